The number of rotatable bonds is 10. The molecule has 0 spiro atoms. The zero-order chi connectivity index (χ0) is 31.5. The molecule has 0 radical (unpaired) electrons. The molecular formula is C40H52O2. The van der Waals surface area contributed by atoms with E-state index >= 15 is 0 Å². The third-order valence-corrected chi connectivity index (χ3v) is 8.35. The molecule has 0 aromatic heterocycles. The maximum atomic E-state index is 12.2. The fraction of sp³-hybridized carbons (Fsp3) is 0.400. The molecule has 2 heteroatoms. The Morgan fingerprint density at radius 1 is 0.524 bits per heavy atom. The summed E-state index contributed by atoms with van der Waals surface area (Å²) in [6, 6.07) is 0. The van der Waals surface area contributed by atoms with Crippen molar-refractivity contribution in [3.63, 3.8) is 0 Å². The molecule has 0 atom stereocenters. The van der Waals surface area contributed by atoms with Crippen LogP contribution < -0.4 is 0 Å². The van der Waals surface area contributed by atoms with Crippen LogP contribution in [0.25, 0.3) is 0 Å². The Morgan fingerprint density at radius 3 is 1.19 bits per heavy atom. The Labute approximate surface area is 256 Å². The molecule has 0 aromatic rings. The lowest BCUT2D eigenvalue weighted by Crippen LogP contribution is -2.24. The van der Waals surface area contributed by atoms with Crippen LogP contribution in [0.15, 0.2) is 130 Å². The van der Waals surface area contributed by atoms with Crippen LogP contribution in [0.5, 0.6) is 0 Å². The van der Waals surface area contributed by atoms with Crippen LogP contribution in [0, 0.1) is 10.8 Å². The van der Waals surface area contributed by atoms with E-state index in [0.717, 1.165) is 57.4 Å². The highest BCUT2D eigenvalue weighted by molar-refractivity contribution is 5.97. The molecule has 2 aliphatic rings. The number of hydrogen-bond donors (Lipinski definition) is 0. The molecule has 0 saturated carbocycles. The summed E-state index contributed by atoms with van der Waals surface area (Å²) in [5.41, 5.74) is 8.82. The van der Waals surface area contributed by atoms with Gasteiger partial charge in [-0.2, -0.15) is 0 Å². The molecule has 0 N–H and O–H groups in total. The largest absolute Gasteiger partial charge is 0.295 e. The molecule has 2 nitrogen and oxygen atoms in total. The summed E-state index contributed by atoms with van der Waals surface area (Å²) < 4.78 is 0. The third-order valence-electron chi connectivity index (χ3n) is 8.35. The van der Waals surface area contributed by atoms with E-state index in [9.17, 15) is 9.59 Å². The van der Waals surface area contributed by atoms with Gasteiger partial charge in [-0.25, -0.2) is 0 Å². The van der Waals surface area contributed by atoms with Gasteiger partial charge >= 0.3 is 0 Å². The maximum Gasteiger partial charge on any atom is 0.158 e. The van der Waals surface area contributed by atoms with Gasteiger partial charge in [-0.05, 0) is 87.5 Å². The van der Waals surface area contributed by atoms with Crippen molar-refractivity contribution in [2.24, 2.45) is 10.8 Å². The number of hydrogen-bond acceptors (Lipinski definition) is 2. The lowest BCUT2D eigenvalue weighted by molar-refractivity contribution is -0.117. The normalized spacial score (nSPS) is 21.6. The Bertz CT molecular complexity index is 1270. The molecule has 0 heterocycles. The van der Waals surface area contributed by atoms with E-state index in [2.05, 4.69) is 140 Å². The van der Waals surface area contributed by atoms with Crippen molar-refractivity contribution in [2.75, 3.05) is 0 Å². The predicted octanol–water partition coefficient (Wildman–Crippen LogP) is 11.0. The quantitative estimate of drug-likeness (QED) is 0.247. The monoisotopic (exact) mass is 564 g/mol. The van der Waals surface area contributed by atoms with Crippen LogP contribution in [0.4, 0.5) is 0 Å². The second-order valence-electron chi connectivity index (χ2n) is 13.1. The van der Waals surface area contributed by atoms with E-state index in [1.807, 2.05) is 13.8 Å². The molecule has 224 valence electrons. The lowest BCUT2D eigenvalue weighted by Gasteiger charge is -2.32. The van der Waals surface area contributed by atoms with Gasteiger partial charge in [-0.1, -0.05) is 135 Å². The third kappa shape index (κ3) is 10.7. The first-order chi connectivity index (χ1) is 19.6. The van der Waals surface area contributed by atoms with Crippen molar-refractivity contribution < 1.29 is 9.59 Å². The zero-order valence-electron chi connectivity index (χ0n) is 27.7. The van der Waals surface area contributed by atoms with E-state index in [-0.39, 0.29) is 22.4 Å². The highest BCUT2D eigenvalue weighted by Crippen LogP contribution is 2.40. The number of carbonyl (C=O) groups excluding carboxylic acids is 2. The number of ketones is 2. The molecule has 0 aliphatic heterocycles. The summed E-state index contributed by atoms with van der Waals surface area (Å²) in [6.45, 7) is 21.1. The van der Waals surface area contributed by atoms with Crippen molar-refractivity contribution >= 4 is 11.6 Å². The first-order valence-corrected chi connectivity index (χ1v) is 15.2. The minimum atomic E-state index is 0.0404. The Morgan fingerprint density at radius 2 is 0.833 bits per heavy atom. The average molecular weight is 565 g/mol. The van der Waals surface area contributed by atoms with E-state index in [0.29, 0.717) is 12.8 Å². The fourth-order valence-corrected chi connectivity index (χ4v) is 5.28. The topological polar surface area (TPSA) is 34.1 Å². The van der Waals surface area contributed by atoms with Crippen molar-refractivity contribution in [3.05, 3.63) is 130 Å². The SMILES string of the molecule is CC1=C(\C=C/C(C)=C/C=C/C(C)=C\C=C\C=C(C)\C=C\C=C(C)\C=C\C2=C(C)C(=O)CCC2(C)C)C(C)(C)CCC1=O. The van der Waals surface area contributed by atoms with Crippen LogP contribution in [-0.4, -0.2) is 11.6 Å². The number of carbonyl (C=O) groups is 2. The lowest BCUT2D eigenvalue weighted by atomic mass is 9.72. The Balaban J connectivity index is 1.93. The van der Waals surface area contributed by atoms with E-state index in [1.165, 1.54) is 0 Å². The minimum absolute atomic E-state index is 0.0404. The van der Waals surface area contributed by atoms with Gasteiger partial charge in [0.1, 0.15) is 0 Å². The van der Waals surface area contributed by atoms with Crippen LogP contribution in [-0.2, 0) is 9.59 Å². The van der Waals surface area contributed by atoms with E-state index < -0.39 is 0 Å². The molecule has 0 amide bonds. The van der Waals surface area contributed by atoms with Crippen molar-refractivity contribution in [3.8, 4) is 0 Å². The second-order valence-corrected chi connectivity index (χ2v) is 13.1. The number of allylic oxidation sites excluding steroid dienone is 22. The summed E-state index contributed by atoms with van der Waals surface area (Å²) >= 11 is 0. The highest BCUT2D eigenvalue weighted by Gasteiger charge is 2.31. The summed E-state index contributed by atoms with van der Waals surface area (Å²) in [7, 11) is 0. The molecular weight excluding hydrogens is 512 g/mol. The van der Waals surface area contributed by atoms with Gasteiger partial charge in [0.05, 0.1) is 0 Å². The zero-order valence-corrected chi connectivity index (χ0v) is 27.7. The molecule has 2 aliphatic carbocycles. The fourth-order valence-electron chi connectivity index (χ4n) is 5.28. The summed E-state index contributed by atoms with van der Waals surface area (Å²) in [6.07, 6.45) is 32.4. The average Bonchev–Trinajstić information content (AvgIpc) is 2.91. The van der Waals surface area contributed by atoms with Gasteiger partial charge in [-0.15, -0.1) is 0 Å². The number of Topliss-reactive ketones (excluding diaryl/α,β-unsaturated/α-hetero) is 2. The molecule has 0 aromatic carbocycles. The summed E-state index contributed by atoms with van der Waals surface area (Å²) in [5.74, 6) is 0.542. The van der Waals surface area contributed by atoms with Crippen molar-refractivity contribution in [1.29, 1.82) is 0 Å². The first-order valence-electron chi connectivity index (χ1n) is 15.2. The standard InChI is InChI=1S/C40H52O2/c1-29(17-13-19-31(3)21-23-35-33(5)37(41)25-27-39(35,7)8)15-11-12-16-30(2)18-14-20-32(4)22-24-36-34(6)38(42)26-28-40(36,9)10/h11-24H,25-28H2,1-10H3/b12-11+,17-13+,18-14+,23-21-,24-22+,29-15-,30-16+,31-19+,32-20+. The van der Waals surface area contributed by atoms with Gasteiger partial charge in [0.15, 0.2) is 11.6 Å². The van der Waals surface area contributed by atoms with Crippen LogP contribution in [0.3, 0.4) is 0 Å². The molecule has 2 rings (SSSR count). The smallest absolute Gasteiger partial charge is 0.158 e. The maximum absolute atomic E-state index is 12.2. The Hall–Kier alpha value is -3.52. The Kier molecular flexibility index (Phi) is 12.9. The van der Waals surface area contributed by atoms with Gasteiger partial charge in [0, 0.05) is 12.8 Å². The van der Waals surface area contributed by atoms with Gasteiger partial charge in [0.25, 0.3) is 0 Å². The van der Waals surface area contributed by atoms with E-state index in [4.69, 9.17) is 0 Å². The van der Waals surface area contributed by atoms with Crippen LogP contribution >= 0.6 is 0 Å². The highest BCUT2D eigenvalue weighted by atomic mass is 16.1. The molecule has 0 fully saturated rings. The molecule has 0 bridgehead atoms. The molecule has 0 saturated heterocycles. The molecule has 42 heavy (non-hydrogen) atoms. The van der Waals surface area contributed by atoms with Crippen LogP contribution in [0.1, 0.15) is 94.9 Å². The van der Waals surface area contributed by atoms with Crippen molar-refractivity contribution in [1.82, 2.24) is 0 Å². The van der Waals surface area contributed by atoms with Crippen molar-refractivity contribution in [2.45, 2.75) is 94.9 Å². The van der Waals surface area contributed by atoms with Gasteiger partial charge in [-0.3, -0.25) is 9.59 Å². The minimum Gasteiger partial charge on any atom is -0.295 e. The first kappa shape index (κ1) is 34.7. The van der Waals surface area contributed by atoms with E-state index in [1.54, 1.807) is 0 Å². The van der Waals surface area contributed by atoms with Gasteiger partial charge < -0.3 is 0 Å². The van der Waals surface area contributed by atoms with Crippen LogP contribution in [0.2, 0.25) is 0 Å². The second kappa shape index (κ2) is 15.6. The summed E-state index contributed by atoms with van der Waals surface area (Å²) in [5, 5.41) is 0. The predicted molar refractivity (Wildman–Crippen MR) is 182 cm³/mol. The molecule has 0 unspecified atom stereocenters. The van der Waals surface area contributed by atoms with Gasteiger partial charge in [0.2, 0.25) is 0 Å². The summed E-state index contributed by atoms with van der Waals surface area (Å²) in [4.78, 5) is 24.3.